The van der Waals surface area contributed by atoms with Gasteiger partial charge in [-0.1, -0.05) is 12.1 Å². The van der Waals surface area contributed by atoms with Crippen molar-refractivity contribution < 1.29 is 4.39 Å². The molecule has 0 aliphatic carbocycles. The fourth-order valence-corrected chi connectivity index (χ4v) is 2.21. The van der Waals surface area contributed by atoms with Gasteiger partial charge >= 0.3 is 0 Å². The summed E-state index contributed by atoms with van der Waals surface area (Å²) in [6.07, 6.45) is 2.07. The highest BCUT2D eigenvalue weighted by Gasteiger charge is 2.14. The average molecular weight is 234 g/mol. The summed E-state index contributed by atoms with van der Waals surface area (Å²) < 4.78 is 15.9. The van der Waals surface area contributed by atoms with Crippen molar-refractivity contribution in [3.8, 4) is 0 Å². The third-order valence-electron chi connectivity index (χ3n) is 2.93. The van der Waals surface area contributed by atoms with E-state index in [9.17, 15) is 4.39 Å². The van der Waals surface area contributed by atoms with Crippen LogP contribution in [0.15, 0.2) is 24.4 Å². The van der Waals surface area contributed by atoms with Crippen molar-refractivity contribution in [2.75, 3.05) is 14.1 Å². The molecule has 0 bridgehead atoms. The van der Waals surface area contributed by atoms with Crippen molar-refractivity contribution in [3.63, 3.8) is 0 Å². The van der Waals surface area contributed by atoms with E-state index in [1.165, 1.54) is 11.6 Å². The minimum absolute atomic E-state index is 0.138. The van der Waals surface area contributed by atoms with Gasteiger partial charge in [0.05, 0.1) is 5.52 Å². The zero-order valence-corrected chi connectivity index (χ0v) is 10.9. The lowest BCUT2D eigenvalue weighted by atomic mass is 10.1. The Morgan fingerprint density at radius 1 is 1.29 bits per heavy atom. The molecule has 3 heteroatoms. The molecule has 2 aromatic rings. The molecule has 0 saturated heterocycles. The number of nitrogens with zero attached hydrogens (tertiary/aromatic N) is 2. The first-order valence-corrected chi connectivity index (χ1v) is 5.93. The first kappa shape index (κ1) is 12.1. The number of rotatable bonds is 3. The van der Waals surface area contributed by atoms with Crippen molar-refractivity contribution in [2.24, 2.45) is 0 Å². The molecule has 0 saturated carbocycles. The van der Waals surface area contributed by atoms with Gasteiger partial charge in [-0.25, -0.2) is 4.39 Å². The third-order valence-corrected chi connectivity index (χ3v) is 2.93. The zero-order chi connectivity index (χ0) is 12.6. The van der Waals surface area contributed by atoms with Gasteiger partial charge in [0.2, 0.25) is 0 Å². The molecule has 0 spiro atoms. The quantitative estimate of drug-likeness (QED) is 0.790. The average Bonchev–Trinajstić information content (AvgIpc) is 2.58. The summed E-state index contributed by atoms with van der Waals surface area (Å²) in [5, 5.41) is 1.02. The number of hydrogen-bond acceptors (Lipinski definition) is 1. The number of benzene rings is 1. The normalized spacial score (nSPS) is 11.9. The van der Waals surface area contributed by atoms with Crippen molar-refractivity contribution >= 4 is 10.9 Å². The fourth-order valence-electron chi connectivity index (χ4n) is 2.21. The van der Waals surface area contributed by atoms with Crippen LogP contribution in [0, 0.1) is 5.82 Å². The van der Waals surface area contributed by atoms with Gasteiger partial charge in [-0.2, -0.15) is 0 Å². The molecule has 2 nitrogen and oxygen atoms in total. The van der Waals surface area contributed by atoms with Gasteiger partial charge < -0.3 is 9.47 Å². The van der Waals surface area contributed by atoms with Gasteiger partial charge in [-0.05, 0) is 39.6 Å². The summed E-state index contributed by atoms with van der Waals surface area (Å²) in [5.41, 5.74) is 1.90. The Hall–Kier alpha value is -1.35. The Bertz CT molecular complexity index is 526. The van der Waals surface area contributed by atoms with E-state index in [1.807, 2.05) is 24.7 Å². The van der Waals surface area contributed by atoms with E-state index in [0.29, 0.717) is 0 Å². The van der Waals surface area contributed by atoms with Crippen molar-refractivity contribution in [3.05, 3.63) is 35.8 Å². The molecule has 0 N–H and O–H groups in total. The second-order valence-corrected chi connectivity index (χ2v) is 5.03. The largest absolute Gasteiger partial charge is 0.342 e. The zero-order valence-electron chi connectivity index (χ0n) is 10.9. The van der Waals surface area contributed by atoms with Crippen LogP contribution in [0.4, 0.5) is 4.39 Å². The maximum absolute atomic E-state index is 13.9. The van der Waals surface area contributed by atoms with Gasteiger partial charge in [0, 0.05) is 24.2 Å². The van der Waals surface area contributed by atoms with E-state index in [1.54, 1.807) is 6.07 Å². The molecule has 0 radical (unpaired) electrons. The van der Waals surface area contributed by atoms with Gasteiger partial charge in [0.25, 0.3) is 0 Å². The maximum Gasteiger partial charge on any atom is 0.147 e. The third kappa shape index (κ3) is 2.20. The lowest BCUT2D eigenvalue weighted by Gasteiger charge is -2.09. The SMILES string of the molecule is CC(C)n1cc(CN(C)C)c2cccc(F)c21. The summed E-state index contributed by atoms with van der Waals surface area (Å²) in [7, 11) is 4.05. The highest BCUT2D eigenvalue weighted by Crippen LogP contribution is 2.27. The van der Waals surface area contributed by atoms with Gasteiger partial charge in [0.1, 0.15) is 5.82 Å². The smallest absolute Gasteiger partial charge is 0.147 e. The van der Waals surface area contributed by atoms with Crippen molar-refractivity contribution in [2.45, 2.75) is 26.4 Å². The number of halogens is 1. The first-order chi connectivity index (χ1) is 8.00. The van der Waals surface area contributed by atoms with Crippen LogP contribution in [0.5, 0.6) is 0 Å². The Morgan fingerprint density at radius 3 is 2.59 bits per heavy atom. The molecule has 0 aliphatic heterocycles. The summed E-state index contributed by atoms with van der Waals surface area (Å²) >= 11 is 0. The number of hydrogen-bond donors (Lipinski definition) is 0. The molecule has 0 aliphatic rings. The monoisotopic (exact) mass is 234 g/mol. The molecule has 2 rings (SSSR count). The standard InChI is InChI=1S/C14H19FN2/c1-10(2)17-9-11(8-16(3)4)12-6-5-7-13(15)14(12)17/h5-7,9-10H,8H2,1-4H3. The van der Waals surface area contributed by atoms with Crippen LogP contribution < -0.4 is 0 Å². The molecular formula is C14H19FN2. The molecule has 0 atom stereocenters. The summed E-state index contributed by atoms with van der Waals surface area (Å²) in [6.45, 7) is 4.98. The second-order valence-electron chi connectivity index (χ2n) is 5.03. The molecule has 17 heavy (non-hydrogen) atoms. The Morgan fingerprint density at radius 2 is 2.00 bits per heavy atom. The predicted octanol–water partition coefficient (Wildman–Crippen LogP) is 3.42. The van der Waals surface area contributed by atoms with E-state index in [-0.39, 0.29) is 11.9 Å². The minimum atomic E-state index is -0.138. The van der Waals surface area contributed by atoms with Gasteiger partial charge in [-0.3, -0.25) is 0 Å². The first-order valence-electron chi connectivity index (χ1n) is 5.93. The lowest BCUT2D eigenvalue weighted by Crippen LogP contribution is -2.10. The van der Waals surface area contributed by atoms with Gasteiger partial charge in [0.15, 0.2) is 0 Å². The van der Waals surface area contributed by atoms with Crippen molar-refractivity contribution in [1.82, 2.24) is 9.47 Å². The molecule has 1 aromatic heterocycles. The molecule has 1 aromatic carbocycles. The summed E-state index contributed by atoms with van der Waals surface area (Å²) in [5.74, 6) is -0.138. The lowest BCUT2D eigenvalue weighted by molar-refractivity contribution is 0.403. The highest BCUT2D eigenvalue weighted by molar-refractivity contribution is 5.84. The Balaban J connectivity index is 2.66. The summed E-state index contributed by atoms with van der Waals surface area (Å²) in [6, 6.07) is 5.57. The van der Waals surface area contributed by atoms with E-state index in [4.69, 9.17) is 0 Å². The second kappa shape index (κ2) is 4.49. The molecule has 0 unspecified atom stereocenters. The van der Waals surface area contributed by atoms with Crippen LogP contribution in [0.25, 0.3) is 10.9 Å². The molecule has 1 heterocycles. The number of fused-ring (bicyclic) bond motifs is 1. The maximum atomic E-state index is 13.9. The van der Waals surface area contributed by atoms with Crippen LogP contribution in [-0.4, -0.2) is 23.6 Å². The number of para-hydroxylation sites is 1. The summed E-state index contributed by atoms with van der Waals surface area (Å²) in [4.78, 5) is 2.10. The topological polar surface area (TPSA) is 8.17 Å². The molecule has 0 amide bonds. The fraction of sp³-hybridized carbons (Fsp3) is 0.429. The van der Waals surface area contributed by atoms with Crippen LogP contribution >= 0.6 is 0 Å². The minimum Gasteiger partial charge on any atom is -0.342 e. The van der Waals surface area contributed by atoms with Crippen LogP contribution in [0.1, 0.15) is 25.5 Å². The van der Waals surface area contributed by atoms with Crippen LogP contribution in [-0.2, 0) is 6.54 Å². The molecular weight excluding hydrogens is 215 g/mol. The van der Waals surface area contributed by atoms with Crippen LogP contribution in [0.3, 0.4) is 0 Å². The van der Waals surface area contributed by atoms with Crippen LogP contribution in [0.2, 0.25) is 0 Å². The Labute approximate surface area is 102 Å². The highest BCUT2D eigenvalue weighted by atomic mass is 19.1. The van der Waals surface area contributed by atoms with E-state index in [0.717, 1.165) is 17.4 Å². The predicted molar refractivity (Wildman–Crippen MR) is 69.7 cm³/mol. The van der Waals surface area contributed by atoms with E-state index in [2.05, 4.69) is 24.9 Å². The molecule has 0 fully saturated rings. The van der Waals surface area contributed by atoms with E-state index >= 15 is 0 Å². The van der Waals surface area contributed by atoms with Gasteiger partial charge in [-0.15, -0.1) is 0 Å². The van der Waals surface area contributed by atoms with Crippen molar-refractivity contribution in [1.29, 1.82) is 0 Å². The Kier molecular flexibility index (Phi) is 3.20. The van der Waals surface area contributed by atoms with E-state index < -0.39 is 0 Å². The number of aromatic nitrogens is 1. The molecule has 92 valence electrons.